The molecule has 2 rings (SSSR count). The molecule has 2 nitrogen and oxygen atoms in total. The van der Waals surface area contributed by atoms with Crippen molar-refractivity contribution in [2.45, 2.75) is 32.2 Å². The van der Waals surface area contributed by atoms with Gasteiger partial charge in [0, 0.05) is 29.4 Å². The fourth-order valence-corrected chi connectivity index (χ4v) is 3.51. The van der Waals surface area contributed by atoms with Gasteiger partial charge in [-0.05, 0) is 32.9 Å². The number of ketones is 1. The Morgan fingerprint density at radius 2 is 2.12 bits per heavy atom. The average molecular weight is 316 g/mol. The minimum absolute atomic E-state index is 0.188. The number of carbonyl (C=O) groups is 1. The number of halogens is 1. The van der Waals surface area contributed by atoms with Crippen LogP contribution in [0.5, 0.6) is 0 Å². The Hall–Kier alpha value is -0.190. The highest BCUT2D eigenvalue weighted by Crippen LogP contribution is 2.35. The molecule has 0 aromatic carbocycles. The van der Waals surface area contributed by atoms with Crippen LogP contribution in [0.4, 0.5) is 0 Å². The molecule has 94 valence electrons. The van der Waals surface area contributed by atoms with E-state index in [4.69, 9.17) is 0 Å². The molecule has 0 spiro atoms. The Balaban J connectivity index is 1.98. The second-order valence-electron chi connectivity index (χ2n) is 5.53. The quantitative estimate of drug-likeness (QED) is 0.628. The first-order valence-electron chi connectivity index (χ1n) is 5.86. The van der Waals surface area contributed by atoms with E-state index in [1.807, 2.05) is 6.07 Å². The Morgan fingerprint density at radius 1 is 1.47 bits per heavy atom. The van der Waals surface area contributed by atoms with Crippen LogP contribution >= 0.6 is 27.3 Å². The van der Waals surface area contributed by atoms with E-state index < -0.39 is 0 Å². The van der Waals surface area contributed by atoms with Crippen LogP contribution in [0.25, 0.3) is 0 Å². The zero-order valence-corrected chi connectivity index (χ0v) is 12.9. The van der Waals surface area contributed by atoms with Crippen molar-refractivity contribution < 1.29 is 4.79 Å². The number of alkyl halides is 1. The molecule has 0 unspecified atom stereocenters. The van der Waals surface area contributed by atoms with Crippen molar-refractivity contribution in [2.24, 2.45) is 0 Å². The number of rotatable bonds is 3. The van der Waals surface area contributed by atoms with Crippen LogP contribution in [0.15, 0.2) is 12.1 Å². The van der Waals surface area contributed by atoms with E-state index >= 15 is 0 Å². The summed E-state index contributed by atoms with van der Waals surface area (Å²) in [5.74, 6) is 0.810. The van der Waals surface area contributed by atoms with Crippen LogP contribution in [-0.4, -0.2) is 34.6 Å². The fourth-order valence-electron chi connectivity index (χ4n) is 1.99. The van der Waals surface area contributed by atoms with E-state index in [2.05, 4.69) is 47.7 Å². The molecule has 2 heterocycles. The molecule has 0 amide bonds. The molecule has 1 aromatic heterocycles. The lowest BCUT2D eigenvalue weighted by molar-refractivity contribution is 0.0482. The molecule has 0 N–H and O–H groups in total. The van der Waals surface area contributed by atoms with Crippen molar-refractivity contribution >= 4 is 33.0 Å². The van der Waals surface area contributed by atoms with Gasteiger partial charge in [-0.2, -0.15) is 0 Å². The van der Waals surface area contributed by atoms with Crippen LogP contribution in [0.3, 0.4) is 0 Å². The van der Waals surface area contributed by atoms with E-state index in [-0.39, 0.29) is 11.3 Å². The summed E-state index contributed by atoms with van der Waals surface area (Å²) in [5, 5.41) is 0.422. The zero-order valence-electron chi connectivity index (χ0n) is 10.5. The van der Waals surface area contributed by atoms with Crippen molar-refractivity contribution in [1.82, 2.24) is 4.90 Å². The molecule has 4 heteroatoms. The van der Waals surface area contributed by atoms with Gasteiger partial charge in [-0.15, -0.1) is 11.3 Å². The highest BCUT2D eigenvalue weighted by Gasteiger charge is 2.35. The topological polar surface area (TPSA) is 20.3 Å². The molecule has 0 aliphatic carbocycles. The molecule has 0 saturated carbocycles. The fraction of sp³-hybridized carbons (Fsp3) is 0.615. The van der Waals surface area contributed by atoms with Gasteiger partial charge in [0.2, 0.25) is 0 Å². The minimum atomic E-state index is 0.188. The molecule has 1 fully saturated rings. The maximum Gasteiger partial charge on any atom is 0.183 e. The first kappa shape index (κ1) is 13.2. The predicted molar refractivity (Wildman–Crippen MR) is 76.5 cm³/mol. The number of nitrogens with zero attached hydrogens (tertiary/aromatic N) is 1. The molecule has 0 atom stereocenters. The zero-order chi connectivity index (χ0) is 12.6. The maximum atomic E-state index is 11.5. The second-order valence-corrected chi connectivity index (χ2v) is 7.21. The number of likely N-dealkylation sites (tertiary alicyclic amines) is 1. The monoisotopic (exact) mass is 315 g/mol. The Kier molecular flexibility index (Phi) is 3.76. The third-order valence-corrected chi connectivity index (χ3v) is 5.05. The van der Waals surface area contributed by atoms with Gasteiger partial charge in [-0.1, -0.05) is 15.9 Å². The normalized spacial score (nSPS) is 18.1. The summed E-state index contributed by atoms with van der Waals surface area (Å²) < 4.78 is 0. The van der Waals surface area contributed by atoms with E-state index in [9.17, 15) is 4.79 Å². The molecule has 1 saturated heterocycles. The first-order chi connectivity index (χ1) is 7.91. The highest BCUT2D eigenvalue weighted by atomic mass is 79.9. The van der Waals surface area contributed by atoms with Crippen LogP contribution in [-0.2, 0) is 0 Å². The average Bonchev–Trinajstić information content (AvgIpc) is 2.61. The summed E-state index contributed by atoms with van der Waals surface area (Å²) in [6.45, 7) is 8.98. The standard InChI is InChI=1S/C13H18BrNOS/c1-13(2,3)15-7-9(8-15)11-4-5-12(17-11)10(16)6-14/h4-5,9H,6-8H2,1-3H3. The molecule has 0 radical (unpaired) electrons. The molecule has 0 bridgehead atoms. The second kappa shape index (κ2) is 4.82. The van der Waals surface area contributed by atoms with Crippen molar-refractivity contribution in [3.63, 3.8) is 0 Å². The summed E-state index contributed by atoms with van der Waals surface area (Å²) in [6.07, 6.45) is 0. The molecule has 17 heavy (non-hydrogen) atoms. The largest absolute Gasteiger partial charge is 0.297 e. The number of hydrogen-bond donors (Lipinski definition) is 0. The Bertz CT molecular complexity index is 415. The molecular weight excluding hydrogens is 298 g/mol. The summed E-state index contributed by atoms with van der Waals surface area (Å²) in [4.78, 5) is 16.2. The number of thiophene rings is 1. The van der Waals surface area contributed by atoms with Gasteiger partial charge in [0.15, 0.2) is 5.78 Å². The van der Waals surface area contributed by atoms with Gasteiger partial charge >= 0.3 is 0 Å². The van der Waals surface area contributed by atoms with Crippen LogP contribution in [0.2, 0.25) is 0 Å². The van der Waals surface area contributed by atoms with Gasteiger partial charge < -0.3 is 0 Å². The van der Waals surface area contributed by atoms with E-state index in [1.54, 1.807) is 11.3 Å². The lowest BCUT2D eigenvalue weighted by Crippen LogP contribution is -2.54. The number of Topliss-reactive ketones (excluding diaryl/α,β-unsaturated/α-hetero) is 1. The van der Waals surface area contributed by atoms with E-state index in [0.29, 0.717) is 11.2 Å². The van der Waals surface area contributed by atoms with Gasteiger partial charge in [0.1, 0.15) is 0 Å². The third-order valence-electron chi connectivity index (χ3n) is 3.26. The van der Waals surface area contributed by atoms with E-state index in [0.717, 1.165) is 18.0 Å². The van der Waals surface area contributed by atoms with Gasteiger partial charge in [0.05, 0.1) is 10.2 Å². The highest BCUT2D eigenvalue weighted by molar-refractivity contribution is 9.09. The van der Waals surface area contributed by atoms with E-state index in [1.165, 1.54) is 4.88 Å². The lowest BCUT2D eigenvalue weighted by atomic mass is 9.91. The predicted octanol–water partition coefficient (Wildman–Crippen LogP) is 3.52. The van der Waals surface area contributed by atoms with Crippen molar-refractivity contribution in [3.8, 4) is 0 Å². The van der Waals surface area contributed by atoms with Crippen LogP contribution in [0.1, 0.15) is 41.2 Å². The summed E-state index contributed by atoms with van der Waals surface area (Å²) in [7, 11) is 0. The summed E-state index contributed by atoms with van der Waals surface area (Å²) in [5.41, 5.74) is 0.266. The summed E-state index contributed by atoms with van der Waals surface area (Å²) in [6, 6.07) is 4.08. The van der Waals surface area contributed by atoms with Crippen molar-refractivity contribution in [2.75, 3.05) is 18.4 Å². The molecule has 1 aliphatic rings. The first-order valence-corrected chi connectivity index (χ1v) is 7.79. The summed E-state index contributed by atoms with van der Waals surface area (Å²) >= 11 is 4.87. The van der Waals surface area contributed by atoms with Crippen LogP contribution in [0, 0.1) is 0 Å². The Labute approximate surface area is 115 Å². The minimum Gasteiger partial charge on any atom is -0.297 e. The van der Waals surface area contributed by atoms with Crippen molar-refractivity contribution in [1.29, 1.82) is 0 Å². The maximum absolute atomic E-state index is 11.5. The smallest absolute Gasteiger partial charge is 0.183 e. The van der Waals surface area contributed by atoms with Gasteiger partial charge in [-0.3, -0.25) is 9.69 Å². The molecular formula is C13H18BrNOS. The lowest BCUT2D eigenvalue weighted by Gasteiger charge is -2.47. The number of carbonyl (C=O) groups excluding carboxylic acids is 1. The van der Waals surface area contributed by atoms with Crippen LogP contribution < -0.4 is 0 Å². The molecule has 1 aliphatic heterocycles. The molecule has 1 aromatic rings. The SMILES string of the molecule is CC(C)(C)N1CC(c2ccc(C(=O)CBr)s2)C1. The number of hydrogen-bond acceptors (Lipinski definition) is 3. The van der Waals surface area contributed by atoms with Gasteiger partial charge in [0.25, 0.3) is 0 Å². The van der Waals surface area contributed by atoms with Gasteiger partial charge in [-0.25, -0.2) is 0 Å². The van der Waals surface area contributed by atoms with Crippen molar-refractivity contribution in [3.05, 3.63) is 21.9 Å². The Morgan fingerprint density at radius 3 is 2.65 bits per heavy atom. The third kappa shape index (κ3) is 2.80.